The van der Waals surface area contributed by atoms with Crippen molar-refractivity contribution >= 4 is 17.9 Å². The first-order valence-electron chi connectivity index (χ1n) is 23.6. The molecule has 0 aromatic carbocycles. The topological polar surface area (TPSA) is 78.9 Å². The minimum Gasteiger partial charge on any atom is -0.462 e. The van der Waals surface area contributed by atoms with Crippen molar-refractivity contribution in [3.8, 4) is 0 Å². The number of carbonyl (C=O) groups is 3. The summed E-state index contributed by atoms with van der Waals surface area (Å²) >= 11 is 0. The molecule has 6 heteroatoms. The lowest BCUT2D eigenvalue weighted by Crippen LogP contribution is -2.30. The molecule has 1 atom stereocenters. The second-order valence-electron chi connectivity index (χ2n) is 15.4. The number of hydrogen-bond donors (Lipinski definition) is 0. The fourth-order valence-electron chi connectivity index (χ4n) is 6.23. The zero-order chi connectivity index (χ0) is 42.3. The van der Waals surface area contributed by atoms with Crippen LogP contribution in [0, 0.1) is 0 Å². The summed E-state index contributed by atoms with van der Waals surface area (Å²) in [6.07, 6.45) is 58.5. The number of carbonyl (C=O) groups excluding carboxylic acids is 3. The smallest absolute Gasteiger partial charge is 0.306 e. The maximum atomic E-state index is 12.7. The van der Waals surface area contributed by atoms with E-state index in [-0.39, 0.29) is 37.5 Å². The Morgan fingerprint density at radius 1 is 0.379 bits per heavy atom. The van der Waals surface area contributed by atoms with Crippen LogP contribution >= 0.6 is 0 Å². The van der Waals surface area contributed by atoms with E-state index in [1.54, 1.807) is 0 Å². The molecule has 0 saturated heterocycles. The van der Waals surface area contributed by atoms with E-state index >= 15 is 0 Å². The van der Waals surface area contributed by atoms with Crippen molar-refractivity contribution in [3.05, 3.63) is 85.1 Å². The number of unbranched alkanes of at least 4 members (excludes halogenated alkanes) is 19. The van der Waals surface area contributed by atoms with Crippen LogP contribution in [0.1, 0.15) is 207 Å². The highest BCUT2D eigenvalue weighted by Crippen LogP contribution is 2.14. The van der Waals surface area contributed by atoms with Gasteiger partial charge in [0, 0.05) is 19.3 Å². The van der Waals surface area contributed by atoms with Gasteiger partial charge in [0.05, 0.1) is 0 Å². The van der Waals surface area contributed by atoms with Crippen molar-refractivity contribution < 1.29 is 28.6 Å². The van der Waals surface area contributed by atoms with E-state index in [1.165, 1.54) is 64.2 Å². The highest BCUT2D eigenvalue weighted by atomic mass is 16.6. The average Bonchev–Trinajstić information content (AvgIpc) is 3.22. The van der Waals surface area contributed by atoms with Crippen LogP contribution < -0.4 is 0 Å². The third kappa shape index (κ3) is 43.7. The summed E-state index contributed by atoms with van der Waals surface area (Å²) in [6.45, 7) is 6.31. The first kappa shape index (κ1) is 54.6. The first-order valence-corrected chi connectivity index (χ1v) is 23.6. The number of ether oxygens (including phenoxy) is 3. The van der Waals surface area contributed by atoms with Crippen LogP contribution in [0.5, 0.6) is 0 Å². The minimum absolute atomic E-state index is 0.0993. The summed E-state index contributed by atoms with van der Waals surface area (Å²) in [6, 6.07) is 0. The van der Waals surface area contributed by atoms with Gasteiger partial charge in [-0.1, -0.05) is 202 Å². The van der Waals surface area contributed by atoms with Crippen molar-refractivity contribution in [1.82, 2.24) is 0 Å². The molecule has 0 radical (unpaired) electrons. The molecule has 6 nitrogen and oxygen atoms in total. The molecule has 1 unspecified atom stereocenters. The van der Waals surface area contributed by atoms with Crippen LogP contribution in [-0.4, -0.2) is 37.2 Å². The predicted molar refractivity (Wildman–Crippen MR) is 247 cm³/mol. The third-order valence-electron chi connectivity index (χ3n) is 9.74. The Kier molecular flexibility index (Phi) is 43.6. The van der Waals surface area contributed by atoms with Gasteiger partial charge in [0.25, 0.3) is 0 Å². The van der Waals surface area contributed by atoms with E-state index in [9.17, 15) is 14.4 Å². The van der Waals surface area contributed by atoms with Gasteiger partial charge in [0.15, 0.2) is 6.10 Å². The molecule has 0 N–H and O–H groups in total. The van der Waals surface area contributed by atoms with Crippen molar-refractivity contribution in [2.24, 2.45) is 0 Å². The maximum absolute atomic E-state index is 12.7. The normalized spacial score (nSPS) is 12.8. The first-order chi connectivity index (χ1) is 28.5. The Morgan fingerprint density at radius 2 is 0.759 bits per heavy atom. The van der Waals surface area contributed by atoms with Crippen molar-refractivity contribution in [3.63, 3.8) is 0 Å². The Hall–Kier alpha value is -3.41. The van der Waals surface area contributed by atoms with E-state index in [2.05, 4.69) is 69.4 Å². The molecule has 0 aromatic rings. The molecule has 0 spiro atoms. The summed E-state index contributed by atoms with van der Waals surface area (Å²) in [4.78, 5) is 37.8. The molecule has 0 amide bonds. The highest BCUT2D eigenvalue weighted by Gasteiger charge is 2.19. The van der Waals surface area contributed by atoms with Crippen LogP contribution in [0.2, 0.25) is 0 Å². The molecule has 330 valence electrons. The second-order valence-corrected chi connectivity index (χ2v) is 15.4. The fourth-order valence-corrected chi connectivity index (χ4v) is 6.23. The van der Waals surface area contributed by atoms with Gasteiger partial charge in [-0.2, -0.15) is 0 Å². The minimum atomic E-state index is -0.803. The van der Waals surface area contributed by atoms with Gasteiger partial charge in [-0.05, 0) is 70.6 Å². The quantitative estimate of drug-likeness (QED) is 0.0201. The van der Waals surface area contributed by atoms with Gasteiger partial charge in [-0.15, -0.1) is 0 Å². The molecule has 0 rings (SSSR count). The number of allylic oxidation sites excluding steroid dienone is 14. The van der Waals surface area contributed by atoms with Crippen LogP contribution in [0.15, 0.2) is 85.1 Å². The lowest BCUT2D eigenvalue weighted by atomic mass is 10.0. The summed E-state index contributed by atoms with van der Waals surface area (Å²) in [5.41, 5.74) is 0. The maximum Gasteiger partial charge on any atom is 0.306 e. The highest BCUT2D eigenvalue weighted by molar-refractivity contribution is 5.71. The molecular formula is C52H86O6. The van der Waals surface area contributed by atoms with Crippen LogP contribution in [0.4, 0.5) is 0 Å². The average molecular weight is 807 g/mol. The van der Waals surface area contributed by atoms with Gasteiger partial charge in [0.1, 0.15) is 13.2 Å². The Labute approximate surface area is 356 Å². The van der Waals surface area contributed by atoms with Crippen molar-refractivity contribution in [2.45, 2.75) is 213 Å². The second kappa shape index (κ2) is 46.3. The standard InChI is InChI=1S/C52H86O6/c1-4-7-10-13-16-19-22-25-28-30-33-36-39-42-45-51(54)57-48-49(58-52(55)46-43-40-37-34-31-27-24-21-18-15-12-9-6-3)47-56-50(53)44-41-38-35-32-29-26-23-20-17-14-11-8-5-2/h7,9-10,12,15-16,18-19,21,24-25,27-28,31,49H,4-6,8,11,13-14,17,20,22-23,26,29-30,32-48H2,1-3H3/b10-7+,12-9+,18-15+,19-16+,24-21+,28-25+,31-27+. The molecule has 0 fully saturated rings. The molecule has 58 heavy (non-hydrogen) atoms. The zero-order valence-corrected chi connectivity index (χ0v) is 37.5. The van der Waals surface area contributed by atoms with Crippen molar-refractivity contribution in [2.75, 3.05) is 13.2 Å². The van der Waals surface area contributed by atoms with Gasteiger partial charge in [0.2, 0.25) is 0 Å². The number of hydrogen-bond acceptors (Lipinski definition) is 6. The lowest BCUT2D eigenvalue weighted by molar-refractivity contribution is -0.167. The summed E-state index contributed by atoms with van der Waals surface area (Å²) in [5.74, 6) is -0.967. The summed E-state index contributed by atoms with van der Waals surface area (Å²) < 4.78 is 16.7. The van der Waals surface area contributed by atoms with Crippen molar-refractivity contribution in [1.29, 1.82) is 0 Å². The van der Waals surface area contributed by atoms with Crippen LogP contribution in [-0.2, 0) is 28.6 Å². The van der Waals surface area contributed by atoms with Crippen LogP contribution in [0.3, 0.4) is 0 Å². The van der Waals surface area contributed by atoms with Gasteiger partial charge in [-0.3, -0.25) is 14.4 Å². The van der Waals surface area contributed by atoms with Gasteiger partial charge in [-0.25, -0.2) is 0 Å². The van der Waals surface area contributed by atoms with Gasteiger partial charge < -0.3 is 14.2 Å². The van der Waals surface area contributed by atoms with Gasteiger partial charge >= 0.3 is 17.9 Å². The number of esters is 3. The number of rotatable bonds is 41. The molecular weight excluding hydrogens is 721 g/mol. The fraction of sp³-hybridized carbons (Fsp3) is 0.673. The van der Waals surface area contributed by atoms with Crippen LogP contribution in [0.25, 0.3) is 0 Å². The summed E-state index contributed by atoms with van der Waals surface area (Å²) in [5, 5.41) is 0. The van der Waals surface area contributed by atoms with E-state index in [1.807, 2.05) is 36.5 Å². The SMILES string of the molecule is CC/C=C/C=C/C=C/C=C/CCCCCC(=O)OC(COC(=O)CCCCCC/C=C/C/C=C/C/C=C/CC)COC(=O)CCCCCCCCCCCCCCC. The Balaban J connectivity index is 4.49. The molecule has 0 aromatic heterocycles. The molecule has 0 aliphatic heterocycles. The lowest BCUT2D eigenvalue weighted by Gasteiger charge is -2.18. The summed E-state index contributed by atoms with van der Waals surface area (Å²) in [7, 11) is 0. The monoisotopic (exact) mass is 807 g/mol. The molecule has 0 saturated carbocycles. The molecule has 0 bridgehead atoms. The Bertz CT molecular complexity index is 1160. The molecule has 0 aliphatic rings. The van der Waals surface area contributed by atoms with E-state index in [0.29, 0.717) is 19.3 Å². The van der Waals surface area contributed by atoms with E-state index < -0.39 is 6.10 Å². The Morgan fingerprint density at radius 3 is 1.28 bits per heavy atom. The third-order valence-corrected chi connectivity index (χ3v) is 9.74. The van der Waals surface area contributed by atoms with E-state index in [0.717, 1.165) is 96.3 Å². The molecule has 0 heterocycles. The largest absolute Gasteiger partial charge is 0.462 e. The predicted octanol–water partition coefficient (Wildman–Crippen LogP) is 15.3. The molecule has 0 aliphatic carbocycles. The van der Waals surface area contributed by atoms with E-state index in [4.69, 9.17) is 14.2 Å². The zero-order valence-electron chi connectivity index (χ0n) is 37.5.